The molecule has 0 aromatic heterocycles. The van der Waals surface area contributed by atoms with Gasteiger partial charge < -0.3 is 15.3 Å². The minimum absolute atomic E-state index is 0.0172. The summed E-state index contributed by atoms with van der Waals surface area (Å²) in [5.74, 6) is 0.362. The van der Waals surface area contributed by atoms with Gasteiger partial charge in [0.2, 0.25) is 5.84 Å². The summed E-state index contributed by atoms with van der Waals surface area (Å²) in [7, 11) is 0. The maximum absolute atomic E-state index is 9.92. The zero-order chi connectivity index (χ0) is 20.5. The Labute approximate surface area is 168 Å². The first-order valence-electron chi connectivity index (χ1n) is 9.19. The lowest BCUT2D eigenvalue weighted by molar-refractivity contribution is 0.288. The second-order valence-corrected chi connectivity index (χ2v) is 6.28. The molecule has 3 aromatic rings. The molecule has 0 saturated carbocycles. The molecule has 0 amide bonds. The number of rotatable bonds is 7. The van der Waals surface area contributed by atoms with Gasteiger partial charge in [0.1, 0.15) is 17.2 Å². The molecule has 0 aliphatic heterocycles. The largest absolute Gasteiger partial charge is 0.506 e. The Balaban J connectivity index is 1.89. The number of aromatic hydroxyl groups is 2. The molecule has 0 bridgehead atoms. The number of hydrogen-bond acceptors (Lipinski definition) is 6. The molecule has 0 atom stereocenters. The molecule has 0 spiro atoms. The molecule has 3 rings (SSSR count). The van der Waals surface area contributed by atoms with E-state index in [1.165, 1.54) is 6.07 Å². The van der Waals surface area contributed by atoms with E-state index < -0.39 is 0 Å². The van der Waals surface area contributed by atoms with Crippen LogP contribution in [0.15, 0.2) is 88.1 Å². The summed E-state index contributed by atoms with van der Waals surface area (Å²) in [6.07, 6.45) is 1.47. The number of aryl methyl sites for hydroxylation is 1. The van der Waals surface area contributed by atoms with Crippen molar-refractivity contribution in [3.63, 3.8) is 0 Å². The molecule has 0 fully saturated rings. The molecular weight excluding hydrogens is 368 g/mol. The fraction of sp³-hybridized carbons (Fsp3) is 0.136. The molecule has 7 nitrogen and oxygen atoms in total. The highest BCUT2D eigenvalue weighted by Crippen LogP contribution is 2.26. The second-order valence-electron chi connectivity index (χ2n) is 6.28. The number of anilines is 1. The van der Waals surface area contributed by atoms with Crippen molar-refractivity contribution >= 4 is 17.2 Å². The SMILES string of the molecule is OCCCc1ccc(/C(N=Nc2ccccc2O)=N/Nc2ccccc2O)cc1. The number of hydrogen-bond donors (Lipinski definition) is 4. The van der Waals surface area contributed by atoms with Crippen LogP contribution >= 0.6 is 0 Å². The van der Waals surface area contributed by atoms with E-state index in [1.807, 2.05) is 24.3 Å². The Morgan fingerprint density at radius 3 is 2.21 bits per heavy atom. The Bertz CT molecular complexity index is 1000. The Hall–Kier alpha value is -3.71. The van der Waals surface area contributed by atoms with Gasteiger partial charge in [0.25, 0.3) is 0 Å². The number of para-hydroxylation sites is 3. The van der Waals surface area contributed by atoms with Gasteiger partial charge in [0.05, 0.1) is 5.69 Å². The highest BCUT2D eigenvalue weighted by atomic mass is 16.3. The first kappa shape index (κ1) is 20.0. The first-order chi connectivity index (χ1) is 14.2. The number of hydrazone groups is 1. The molecule has 0 aliphatic carbocycles. The molecule has 0 aliphatic rings. The number of aliphatic hydroxyl groups excluding tert-OH is 1. The number of phenolic OH excluding ortho intramolecular Hbond substituents is 2. The summed E-state index contributed by atoms with van der Waals surface area (Å²) >= 11 is 0. The van der Waals surface area contributed by atoms with Gasteiger partial charge in [-0.25, -0.2) is 0 Å². The van der Waals surface area contributed by atoms with Crippen molar-refractivity contribution in [2.45, 2.75) is 12.8 Å². The normalized spacial score (nSPS) is 11.7. The van der Waals surface area contributed by atoms with Gasteiger partial charge in [-0.1, -0.05) is 48.5 Å². The number of nitrogens with one attached hydrogen (secondary N) is 1. The third-order valence-corrected chi connectivity index (χ3v) is 4.16. The summed E-state index contributed by atoms with van der Waals surface area (Å²) < 4.78 is 0. The minimum Gasteiger partial charge on any atom is -0.506 e. The molecule has 0 radical (unpaired) electrons. The zero-order valence-electron chi connectivity index (χ0n) is 15.7. The summed E-state index contributed by atoms with van der Waals surface area (Å²) in [4.78, 5) is 0. The van der Waals surface area contributed by atoms with E-state index in [1.54, 1.807) is 42.5 Å². The van der Waals surface area contributed by atoms with Gasteiger partial charge in [-0.05, 0) is 42.7 Å². The number of nitrogens with zero attached hydrogens (tertiary/aromatic N) is 3. The van der Waals surface area contributed by atoms with E-state index in [0.29, 0.717) is 23.4 Å². The quantitative estimate of drug-likeness (QED) is 0.156. The summed E-state index contributed by atoms with van der Waals surface area (Å²) in [6.45, 7) is 0.147. The predicted octanol–water partition coefficient (Wildman–Crippen LogP) is 4.58. The van der Waals surface area contributed by atoms with Crippen molar-refractivity contribution in [3.8, 4) is 11.5 Å². The van der Waals surface area contributed by atoms with Crippen LogP contribution in [0.2, 0.25) is 0 Å². The second kappa shape index (κ2) is 10.0. The van der Waals surface area contributed by atoms with Crippen molar-refractivity contribution in [2.24, 2.45) is 15.3 Å². The van der Waals surface area contributed by atoms with Crippen molar-refractivity contribution in [3.05, 3.63) is 83.9 Å². The van der Waals surface area contributed by atoms with Crippen molar-refractivity contribution in [1.29, 1.82) is 0 Å². The van der Waals surface area contributed by atoms with Crippen molar-refractivity contribution in [1.82, 2.24) is 0 Å². The lowest BCUT2D eigenvalue weighted by Crippen LogP contribution is -2.02. The van der Waals surface area contributed by atoms with Gasteiger partial charge in [-0.2, -0.15) is 5.10 Å². The number of amidine groups is 1. The topological polar surface area (TPSA) is 110 Å². The van der Waals surface area contributed by atoms with Gasteiger partial charge in [0, 0.05) is 12.2 Å². The highest BCUT2D eigenvalue weighted by molar-refractivity contribution is 5.99. The minimum atomic E-state index is 0.0172. The van der Waals surface area contributed by atoms with Crippen LogP contribution < -0.4 is 5.43 Å². The van der Waals surface area contributed by atoms with Crippen molar-refractivity contribution in [2.75, 3.05) is 12.0 Å². The van der Waals surface area contributed by atoms with Gasteiger partial charge in [-0.15, -0.1) is 10.2 Å². The number of azo groups is 1. The molecule has 7 heteroatoms. The average Bonchev–Trinajstić information content (AvgIpc) is 2.75. The monoisotopic (exact) mass is 390 g/mol. The summed E-state index contributed by atoms with van der Waals surface area (Å²) in [5, 5.41) is 41.4. The van der Waals surface area contributed by atoms with Crippen LogP contribution in [0.4, 0.5) is 11.4 Å². The Kier molecular flexibility index (Phi) is 6.91. The van der Waals surface area contributed by atoms with Crippen LogP contribution in [0.5, 0.6) is 11.5 Å². The molecule has 0 heterocycles. The summed E-state index contributed by atoms with van der Waals surface area (Å²) in [6, 6.07) is 21.0. The molecule has 4 N–H and O–H groups in total. The predicted molar refractivity (Wildman–Crippen MR) is 113 cm³/mol. The molecule has 29 heavy (non-hydrogen) atoms. The maximum atomic E-state index is 9.92. The molecule has 0 unspecified atom stereocenters. The van der Waals surface area contributed by atoms with Crippen LogP contribution in [0.3, 0.4) is 0 Å². The third kappa shape index (κ3) is 5.63. The van der Waals surface area contributed by atoms with Crippen LogP contribution in [0.25, 0.3) is 0 Å². The van der Waals surface area contributed by atoms with Crippen molar-refractivity contribution < 1.29 is 15.3 Å². The highest BCUT2D eigenvalue weighted by Gasteiger charge is 2.06. The Morgan fingerprint density at radius 1 is 0.828 bits per heavy atom. The fourth-order valence-electron chi connectivity index (χ4n) is 2.58. The summed E-state index contributed by atoms with van der Waals surface area (Å²) in [5.41, 5.74) is 5.35. The van der Waals surface area contributed by atoms with Crippen LogP contribution in [-0.2, 0) is 6.42 Å². The Morgan fingerprint density at radius 2 is 1.52 bits per heavy atom. The first-order valence-corrected chi connectivity index (χ1v) is 9.19. The number of phenols is 2. The zero-order valence-corrected chi connectivity index (χ0v) is 15.7. The van der Waals surface area contributed by atoms with Crippen LogP contribution in [-0.4, -0.2) is 27.8 Å². The standard InChI is InChI=1S/C22H22N4O3/c27-15-5-6-16-11-13-17(14-12-16)22(25-23-18-7-1-3-9-20(18)28)26-24-19-8-2-4-10-21(19)29/h1-4,7-14,23,27-29H,5-6,15H2/b25-22-,26-24?. The number of benzene rings is 3. The van der Waals surface area contributed by atoms with Crippen LogP contribution in [0, 0.1) is 0 Å². The van der Waals surface area contributed by atoms with E-state index in [2.05, 4.69) is 20.8 Å². The van der Waals surface area contributed by atoms with Crippen LogP contribution in [0.1, 0.15) is 17.5 Å². The lowest BCUT2D eigenvalue weighted by atomic mass is 10.1. The van der Waals surface area contributed by atoms with Gasteiger partial charge >= 0.3 is 0 Å². The molecule has 3 aromatic carbocycles. The lowest BCUT2D eigenvalue weighted by Gasteiger charge is -2.06. The fourth-order valence-corrected chi connectivity index (χ4v) is 2.58. The molecule has 0 saturated heterocycles. The van der Waals surface area contributed by atoms with E-state index >= 15 is 0 Å². The molecular formula is C22H22N4O3. The van der Waals surface area contributed by atoms with Gasteiger partial charge in [-0.3, -0.25) is 5.43 Å². The third-order valence-electron chi connectivity index (χ3n) is 4.16. The van der Waals surface area contributed by atoms with E-state index in [0.717, 1.165) is 12.0 Å². The molecule has 148 valence electrons. The van der Waals surface area contributed by atoms with E-state index in [4.69, 9.17) is 5.11 Å². The maximum Gasteiger partial charge on any atom is 0.201 e. The average molecular weight is 390 g/mol. The smallest absolute Gasteiger partial charge is 0.201 e. The number of aliphatic hydroxyl groups is 1. The van der Waals surface area contributed by atoms with E-state index in [9.17, 15) is 10.2 Å². The van der Waals surface area contributed by atoms with E-state index in [-0.39, 0.29) is 23.9 Å². The van der Waals surface area contributed by atoms with Gasteiger partial charge in [0.15, 0.2) is 0 Å².